The number of nitrogens with zero attached hydrogens (tertiary/aromatic N) is 2. The first-order valence-corrected chi connectivity index (χ1v) is 7.93. The van der Waals surface area contributed by atoms with Gasteiger partial charge in [0.15, 0.2) is 0 Å². The summed E-state index contributed by atoms with van der Waals surface area (Å²) in [6, 6.07) is 16.6. The van der Waals surface area contributed by atoms with Crippen molar-refractivity contribution in [1.82, 2.24) is 9.97 Å². The second-order valence-electron chi connectivity index (χ2n) is 5.85. The van der Waals surface area contributed by atoms with Crippen molar-refractivity contribution < 1.29 is 4.74 Å². The standard InChI is InChI=1S/C18H20N4O/c1-23-17-9-5-4-8-16(17)22-11-10-13(12-22)19-18-20-14-6-2-3-7-15(14)21-18/h2-9,13H,10-12H2,1H3,(H2,19,20,21). The smallest absolute Gasteiger partial charge is 0.201 e. The Kier molecular flexibility index (Phi) is 3.54. The van der Waals surface area contributed by atoms with Crippen LogP contribution in [0.5, 0.6) is 5.75 Å². The Bertz CT molecular complexity index is 780. The van der Waals surface area contributed by atoms with Crippen LogP contribution in [0.25, 0.3) is 11.0 Å². The molecule has 5 heteroatoms. The van der Waals surface area contributed by atoms with Crippen LogP contribution in [-0.2, 0) is 0 Å². The van der Waals surface area contributed by atoms with Gasteiger partial charge in [-0.1, -0.05) is 24.3 Å². The van der Waals surface area contributed by atoms with Gasteiger partial charge in [0, 0.05) is 19.1 Å². The van der Waals surface area contributed by atoms with Gasteiger partial charge in [-0.2, -0.15) is 0 Å². The fourth-order valence-electron chi connectivity index (χ4n) is 3.20. The van der Waals surface area contributed by atoms with E-state index in [0.29, 0.717) is 6.04 Å². The van der Waals surface area contributed by atoms with Gasteiger partial charge in [0.2, 0.25) is 5.95 Å². The highest BCUT2D eigenvalue weighted by molar-refractivity contribution is 5.77. The Labute approximate surface area is 135 Å². The Morgan fingerprint density at radius 2 is 2.00 bits per heavy atom. The molecule has 1 saturated heterocycles. The molecule has 2 heterocycles. The lowest BCUT2D eigenvalue weighted by atomic mass is 10.2. The van der Waals surface area contributed by atoms with E-state index in [1.54, 1.807) is 7.11 Å². The molecule has 118 valence electrons. The minimum atomic E-state index is 0.375. The maximum absolute atomic E-state index is 5.47. The maximum atomic E-state index is 5.47. The molecule has 0 radical (unpaired) electrons. The lowest BCUT2D eigenvalue weighted by Gasteiger charge is -2.21. The van der Waals surface area contributed by atoms with Crippen molar-refractivity contribution in [3.63, 3.8) is 0 Å². The Morgan fingerprint density at radius 3 is 2.87 bits per heavy atom. The van der Waals surface area contributed by atoms with Crippen molar-refractivity contribution in [3.05, 3.63) is 48.5 Å². The summed E-state index contributed by atoms with van der Waals surface area (Å²) in [5.41, 5.74) is 3.22. The number of fused-ring (bicyclic) bond motifs is 1. The lowest BCUT2D eigenvalue weighted by Crippen LogP contribution is -2.26. The first-order chi connectivity index (χ1) is 11.3. The van der Waals surface area contributed by atoms with E-state index in [4.69, 9.17) is 4.74 Å². The van der Waals surface area contributed by atoms with Gasteiger partial charge in [-0.05, 0) is 30.7 Å². The van der Waals surface area contributed by atoms with Crippen molar-refractivity contribution in [2.24, 2.45) is 0 Å². The van der Waals surface area contributed by atoms with Gasteiger partial charge in [-0.15, -0.1) is 0 Å². The van der Waals surface area contributed by atoms with Crippen molar-refractivity contribution in [2.75, 3.05) is 30.4 Å². The topological polar surface area (TPSA) is 53.2 Å². The molecule has 3 aromatic rings. The van der Waals surface area contributed by atoms with Crippen molar-refractivity contribution >= 4 is 22.7 Å². The number of benzene rings is 2. The average Bonchev–Trinajstić information content (AvgIpc) is 3.21. The molecule has 2 aromatic carbocycles. The van der Waals surface area contributed by atoms with Crippen molar-refractivity contribution in [3.8, 4) is 5.75 Å². The molecular weight excluding hydrogens is 288 g/mol. The van der Waals surface area contributed by atoms with Crippen LogP contribution in [0.2, 0.25) is 0 Å². The van der Waals surface area contributed by atoms with Crippen molar-refractivity contribution in [1.29, 1.82) is 0 Å². The van der Waals surface area contributed by atoms with Gasteiger partial charge in [-0.3, -0.25) is 0 Å². The fraction of sp³-hybridized carbons (Fsp3) is 0.278. The van der Waals surface area contributed by atoms with E-state index < -0.39 is 0 Å². The van der Waals surface area contributed by atoms with Gasteiger partial charge >= 0.3 is 0 Å². The van der Waals surface area contributed by atoms with Gasteiger partial charge < -0.3 is 19.9 Å². The van der Waals surface area contributed by atoms with Gasteiger partial charge in [-0.25, -0.2) is 4.98 Å². The van der Waals surface area contributed by atoms with Gasteiger partial charge in [0.1, 0.15) is 5.75 Å². The summed E-state index contributed by atoms with van der Waals surface area (Å²) in [4.78, 5) is 10.3. The fourth-order valence-corrected chi connectivity index (χ4v) is 3.20. The van der Waals surface area contributed by atoms with Crippen LogP contribution in [-0.4, -0.2) is 36.2 Å². The number of rotatable bonds is 4. The monoisotopic (exact) mass is 308 g/mol. The minimum absolute atomic E-state index is 0.375. The number of H-pyrrole nitrogens is 1. The Hall–Kier alpha value is -2.69. The number of aromatic amines is 1. The Morgan fingerprint density at radius 1 is 1.17 bits per heavy atom. The highest BCUT2D eigenvalue weighted by Crippen LogP contribution is 2.30. The number of hydrogen-bond acceptors (Lipinski definition) is 4. The largest absolute Gasteiger partial charge is 0.495 e. The number of nitrogens with one attached hydrogen (secondary N) is 2. The summed E-state index contributed by atoms with van der Waals surface area (Å²) in [5, 5.41) is 3.52. The predicted molar refractivity (Wildman–Crippen MR) is 93.3 cm³/mol. The van der Waals surface area contributed by atoms with E-state index in [1.807, 2.05) is 36.4 Å². The predicted octanol–water partition coefficient (Wildman–Crippen LogP) is 3.26. The number of para-hydroxylation sites is 4. The molecule has 1 unspecified atom stereocenters. The maximum Gasteiger partial charge on any atom is 0.201 e. The molecule has 0 amide bonds. The van der Waals surface area contributed by atoms with E-state index in [0.717, 1.165) is 47.9 Å². The zero-order valence-corrected chi connectivity index (χ0v) is 13.1. The van der Waals surface area contributed by atoms with Crippen LogP contribution in [0.3, 0.4) is 0 Å². The number of methoxy groups -OCH3 is 1. The molecule has 1 aromatic heterocycles. The van der Waals surface area contributed by atoms with Gasteiger partial charge in [0.05, 0.1) is 23.8 Å². The van der Waals surface area contributed by atoms with Crippen LogP contribution in [0.1, 0.15) is 6.42 Å². The van der Waals surface area contributed by atoms with Crippen LogP contribution in [0, 0.1) is 0 Å². The molecule has 2 N–H and O–H groups in total. The highest BCUT2D eigenvalue weighted by Gasteiger charge is 2.25. The average molecular weight is 308 g/mol. The van der Waals surface area contributed by atoms with E-state index in [-0.39, 0.29) is 0 Å². The molecular formula is C18H20N4O. The number of hydrogen-bond donors (Lipinski definition) is 2. The second kappa shape index (κ2) is 5.83. The number of anilines is 2. The third kappa shape index (κ3) is 2.70. The summed E-state index contributed by atoms with van der Waals surface area (Å²) < 4.78 is 5.47. The molecule has 0 saturated carbocycles. The molecule has 0 bridgehead atoms. The summed E-state index contributed by atoms with van der Waals surface area (Å²) >= 11 is 0. The molecule has 1 aliphatic rings. The SMILES string of the molecule is COc1ccccc1N1CCC(Nc2nc3ccccc3[nH]2)C1. The summed E-state index contributed by atoms with van der Waals surface area (Å²) in [6.07, 6.45) is 1.08. The lowest BCUT2D eigenvalue weighted by molar-refractivity contribution is 0.415. The van der Waals surface area contributed by atoms with Crippen LogP contribution >= 0.6 is 0 Å². The highest BCUT2D eigenvalue weighted by atomic mass is 16.5. The van der Waals surface area contributed by atoms with Gasteiger partial charge in [0.25, 0.3) is 0 Å². The van der Waals surface area contributed by atoms with E-state index in [1.165, 1.54) is 0 Å². The zero-order valence-electron chi connectivity index (χ0n) is 13.1. The normalized spacial score (nSPS) is 17.6. The minimum Gasteiger partial charge on any atom is -0.495 e. The van der Waals surface area contributed by atoms with Crippen molar-refractivity contribution in [2.45, 2.75) is 12.5 Å². The second-order valence-corrected chi connectivity index (χ2v) is 5.85. The molecule has 0 spiro atoms. The summed E-state index contributed by atoms with van der Waals surface area (Å²) in [5.74, 6) is 1.77. The molecule has 1 fully saturated rings. The molecule has 0 aliphatic carbocycles. The summed E-state index contributed by atoms with van der Waals surface area (Å²) in [6.45, 7) is 1.95. The first kappa shape index (κ1) is 13.9. The Balaban J connectivity index is 1.48. The molecule has 5 nitrogen and oxygen atoms in total. The van der Waals surface area contributed by atoms with Crippen LogP contribution in [0.4, 0.5) is 11.6 Å². The third-order valence-electron chi connectivity index (χ3n) is 4.34. The number of aromatic nitrogens is 2. The molecule has 4 rings (SSSR count). The summed E-state index contributed by atoms with van der Waals surface area (Å²) in [7, 11) is 1.72. The first-order valence-electron chi connectivity index (χ1n) is 7.93. The van der Waals surface area contributed by atoms with E-state index in [2.05, 4.69) is 32.3 Å². The van der Waals surface area contributed by atoms with Crippen LogP contribution < -0.4 is 15.0 Å². The molecule has 23 heavy (non-hydrogen) atoms. The molecule has 1 atom stereocenters. The quantitative estimate of drug-likeness (QED) is 0.777. The van der Waals surface area contributed by atoms with Crippen LogP contribution in [0.15, 0.2) is 48.5 Å². The number of imidazole rings is 1. The number of ether oxygens (including phenoxy) is 1. The molecule has 1 aliphatic heterocycles. The zero-order chi connectivity index (χ0) is 15.6. The van der Waals surface area contributed by atoms with E-state index in [9.17, 15) is 0 Å². The third-order valence-corrected chi connectivity index (χ3v) is 4.34. The van der Waals surface area contributed by atoms with E-state index >= 15 is 0 Å².